The first-order valence-corrected chi connectivity index (χ1v) is 39.8. The lowest BCUT2D eigenvalue weighted by Crippen LogP contribution is -2.39. The first-order chi connectivity index (χ1) is 30.2. The van der Waals surface area contributed by atoms with E-state index in [2.05, 4.69) is 134 Å². The van der Waals surface area contributed by atoms with Gasteiger partial charge in [-0.1, -0.05) is 302 Å². The molecule has 1 heterocycles. The van der Waals surface area contributed by atoms with Crippen LogP contribution in [-0.4, -0.2) is 47.3 Å². The summed E-state index contributed by atoms with van der Waals surface area (Å²) in [6.45, 7) is 23.5. The molecule has 3 nitrogen and oxygen atoms in total. The largest absolute Gasteiger partial charge is 0.252 e. The van der Waals surface area contributed by atoms with E-state index in [4.69, 9.17) is 10.3 Å². The second-order valence-electron chi connectivity index (χ2n) is 20.6. The molecule has 0 spiro atoms. The van der Waals surface area contributed by atoms with Gasteiger partial charge in [0.25, 0.3) is 0 Å². The van der Waals surface area contributed by atoms with Crippen LogP contribution in [0.2, 0.25) is 96.7 Å². The minimum absolute atomic E-state index is 0.521. The van der Waals surface area contributed by atoms with Gasteiger partial charge in [-0.2, -0.15) is 0 Å². The zero-order valence-electron chi connectivity index (χ0n) is 42.6. The molecule has 0 amide bonds. The van der Waals surface area contributed by atoms with Gasteiger partial charge in [0.15, 0.2) is 0 Å². The van der Waals surface area contributed by atoms with Crippen molar-refractivity contribution in [2.24, 2.45) is 0 Å². The summed E-state index contributed by atoms with van der Waals surface area (Å²) in [4.78, 5) is 0. The summed E-state index contributed by atoms with van der Waals surface area (Å²) in [7, 11) is -5.71. The van der Waals surface area contributed by atoms with Crippen LogP contribution in [0, 0.1) is 0 Å². The van der Waals surface area contributed by atoms with Crippen LogP contribution in [0.3, 0.4) is 0 Å². The topological polar surface area (TPSA) is 30.7 Å². The molecular weight excluding hydrogens is 834 g/mol. The van der Waals surface area contributed by atoms with Gasteiger partial charge in [0, 0.05) is 18.9 Å². The Morgan fingerprint density at radius 2 is 0.677 bits per heavy atom. The number of aryl methyl sites for hydroxylation is 1. The van der Waals surface area contributed by atoms with E-state index in [0.717, 1.165) is 18.4 Å². The van der Waals surface area contributed by atoms with Gasteiger partial charge in [0.05, 0.1) is 38.0 Å². The molecule has 0 aliphatic rings. The highest BCUT2D eigenvalue weighted by Gasteiger charge is 2.38. The molecule has 352 valence electrons. The Bertz CT molecular complexity index is 1370. The van der Waals surface area contributed by atoms with Crippen molar-refractivity contribution in [2.75, 3.05) is 0 Å². The lowest BCUT2D eigenvalue weighted by molar-refractivity contribution is 0.573. The lowest BCUT2D eigenvalue weighted by atomic mass is 10.4. The van der Waals surface area contributed by atoms with Crippen LogP contribution >= 0.6 is 7.92 Å². The minimum atomic E-state index is -1.55. The van der Waals surface area contributed by atoms with Crippen LogP contribution in [0.1, 0.15) is 151 Å². The molecule has 0 fully saturated rings. The van der Waals surface area contributed by atoms with Crippen LogP contribution in [-0.2, 0) is 12.7 Å². The van der Waals surface area contributed by atoms with Gasteiger partial charge in [0.2, 0.25) is 0 Å². The van der Waals surface area contributed by atoms with Gasteiger partial charge < -0.3 is 0 Å². The molecular formula is C54H100N3PSi4. The van der Waals surface area contributed by atoms with Crippen molar-refractivity contribution in [1.29, 1.82) is 0 Å². The van der Waals surface area contributed by atoms with E-state index in [0.29, 0.717) is 0 Å². The highest BCUT2D eigenvalue weighted by Crippen LogP contribution is 2.42. The van der Waals surface area contributed by atoms with Crippen LogP contribution < -0.4 is 10.6 Å². The third kappa shape index (κ3) is 18.6. The summed E-state index contributed by atoms with van der Waals surface area (Å²) in [5.74, 6) is 0. The fraction of sp³-hybridized carbons (Fsp3) is 0.741. The second-order valence-corrected chi connectivity index (χ2v) is 42.8. The second kappa shape index (κ2) is 31.0. The van der Waals surface area contributed by atoms with E-state index in [9.17, 15) is 0 Å². The minimum Gasteiger partial charge on any atom is -0.252 e. The summed E-state index contributed by atoms with van der Waals surface area (Å²) in [5.41, 5.74) is 1.16. The van der Waals surface area contributed by atoms with Crippen molar-refractivity contribution < 1.29 is 0 Å². The van der Waals surface area contributed by atoms with E-state index in [1.54, 1.807) is 110 Å². The molecule has 8 heteroatoms. The first kappa shape index (κ1) is 55.2. The number of hydrogen-bond acceptors (Lipinski definition) is 2. The van der Waals surface area contributed by atoms with Gasteiger partial charge in [-0.3, -0.25) is 4.68 Å². The maximum atomic E-state index is 4.86. The monoisotopic (exact) mass is 934 g/mol. The van der Waals surface area contributed by atoms with Crippen LogP contribution in [0.25, 0.3) is 0 Å². The molecule has 0 aliphatic heterocycles. The molecule has 2 aromatic carbocycles. The Morgan fingerprint density at radius 3 is 0.984 bits per heavy atom. The molecule has 1 aromatic heterocycles. The quantitative estimate of drug-likeness (QED) is 0.0423. The number of hydrogen-bond donors (Lipinski definition) is 0. The van der Waals surface area contributed by atoms with Crippen molar-refractivity contribution in [3.8, 4) is 0 Å². The van der Waals surface area contributed by atoms with Gasteiger partial charge in [-0.05, 0) is 25.0 Å². The maximum Gasteiger partial charge on any atom is 0.0876 e. The van der Waals surface area contributed by atoms with Crippen LogP contribution in [0.5, 0.6) is 0 Å². The number of aromatic nitrogens is 3. The average Bonchev–Trinajstić information content (AvgIpc) is 3.71. The Hall–Kier alpha value is -1.12. The third-order valence-electron chi connectivity index (χ3n) is 15.4. The molecule has 0 bridgehead atoms. The van der Waals surface area contributed by atoms with Gasteiger partial charge in [-0.15, -0.1) is 5.10 Å². The Balaban J connectivity index is 1.96. The fourth-order valence-corrected chi connectivity index (χ4v) is 38.4. The predicted octanol–water partition coefficient (Wildman–Crippen LogP) is 18.0. The normalized spacial score (nSPS) is 12.8. The predicted molar refractivity (Wildman–Crippen MR) is 294 cm³/mol. The molecule has 62 heavy (non-hydrogen) atoms. The van der Waals surface area contributed by atoms with Gasteiger partial charge in [0.1, 0.15) is 0 Å². The van der Waals surface area contributed by atoms with Crippen molar-refractivity contribution in [3.63, 3.8) is 0 Å². The molecule has 0 N–H and O–H groups in total. The number of benzene rings is 2. The molecule has 3 rings (SSSR count). The van der Waals surface area contributed by atoms with E-state index in [-0.39, 0.29) is 0 Å². The smallest absolute Gasteiger partial charge is 0.0876 e. The zero-order chi connectivity index (χ0) is 45.0. The third-order valence-corrected chi connectivity index (χ3v) is 41.8. The molecule has 0 saturated heterocycles. The van der Waals surface area contributed by atoms with E-state index < -0.39 is 40.2 Å². The van der Waals surface area contributed by atoms with Crippen molar-refractivity contribution in [1.82, 2.24) is 15.0 Å². The molecule has 0 unspecified atom stereocenters. The van der Waals surface area contributed by atoms with Crippen molar-refractivity contribution in [3.05, 3.63) is 72.6 Å². The Labute approximate surface area is 391 Å². The highest BCUT2D eigenvalue weighted by atomic mass is 31.1. The Morgan fingerprint density at radius 1 is 0.387 bits per heavy atom. The highest BCUT2D eigenvalue weighted by molar-refractivity contribution is 7.72. The van der Waals surface area contributed by atoms with E-state index in [1.807, 2.05) is 0 Å². The average molecular weight is 935 g/mol. The molecule has 0 aliphatic carbocycles. The van der Waals surface area contributed by atoms with E-state index in [1.165, 1.54) is 80.9 Å². The van der Waals surface area contributed by atoms with Crippen LogP contribution in [0.4, 0.5) is 0 Å². The molecule has 0 saturated carbocycles. The van der Waals surface area contributed by atoms with E-state index >= 15 is 0 Å². The number of rotatable bonds is 38. The summed E-state index contributed by atoms with van der Waals surface area (Å²) in [6, 6.07) is 47.7. The standard InChI is InChI=1S/C54H100N3PSi4/c1-10-34-59(35-11-2,36-12-3)44-26-47-62(48-27-45-60(37-13-4,38-14-5)39-15-6,49-28-46-61(40-16-7,41-17-8)42-18-9)43-25-33-57-50-52(55-56-57)51-58(53-29-21-19-22-30-53)54-31-23-20-24-32-54/h19-24,29-32,50H,10-18,25-28,33-49,51H2,1-9H3. The van der Waals surface area contributed by atoms with Crippen molar-refractivity contribution >= 4 is 50.8 Å². The zero-order valence-corrected chi connectivity index (χ0v) is 47.5. The molecule has 3 aromatic rings. The summed E-state index contributed by atoms with van der Waals surface area (Å²) >= 11 is 0. The SMILES string of the molecule is CCC[Si](CCC)(CCC)CCC[Si](CCCn1cc(CP(c2ccccc2)c2ccccc2)nn1)(CCC[Si](CCC)(CCC)CCC)CCC[Si](CCC)(CCC)CCC. The maximum absolute atomic E-state index is 4.86. The lowest BCUT2D eigenvalue weighted by Gasteiger charge is -2.39. The number of nitrogens with zero attached hydrogens (tertiary/aromatic N) is 3. The summed E-state index contributed by atoms with van der Waals surface area (Å²) < 4.78 is 2.25. The van der Waals surface area contributed by atoms with Crippen LogP contribution in [0.15, 0.2) is 66.9 Å². The molecule has 0 radical (unpaired) electrons. The van der Waals surface area contributed by atoms with Gasteiger partial charge >= 0.3 is 0 Å². The fourth-order valence-electron chi connectivity index (χ4n) is 13.1. The summed E-state index contributed by atoms with van der Waals surface area (Å²) in [5, 5.41) is 12.6. The van der Waals surface area contributed by atoms with Gasteiger partial charge in [-0.25, -0.2) is 0 Å². The summed E-state index contributed by atoms with van der Waals surface area (Å²) in [6.07, 6.45) is 21.9. The first-order valence-electron chi connectivity index (χ1n) is 26.9. The Kier molecular flexibility index (Phi) is 27.6. The van der Waals surface area contributed by atoms with Crippen molar-refractivity contribution in [2.45, 2.75) is 255 Å². The molecule has 0 atom stereocenters.